The molecule has 5 nitrogen and oxygen atoms in total. The third-order valence-corrected chi connectivity index (χ3v) is 2.62. The summed E-state index contributed by atoms with van der Waals surface area (Å²) in [4.78, 5) is 13.3. The molecule has 1 aromatic heterocycles. The van der Waals surface area contributed by atoms with Crippen LogP contribution in [0.2, 0.25) is 0 Å². The summed E-state index contributed by atoms with van der Waals surface area (Å²) in [5.41, 5.74) is 5.84. The van der Waals surface area contributed by atoms with Crippen molar-refractivity contribution in [3.05, 3.63) is 11.6 Å². The number of likely N-dealkylation sites (N-methyl/N-ethyl adjacent to an activating group) is 1. The van der Waals surface area contributed by atoms with Crippen LogP contribution in [-0.2, 0) is 10.2 Å². The van der Waals surface area contributed by atoms with Gasteiger partial charge in [0.25, 0.3) is 0 Å². The van der Waals surface area contributed by atoms with Gasteiger partial charge in [0, 0.05) is 12.6 Å². The molecule has 0 atom stereocenters. The summed E-state index contributed by atoms with van der Waals surface area (Å²) in [5.74, 6) is 0.974. The van der Waals surface area contributed by atoms with E-state index >= 15 is 0 Å². The molecule has 74 valence electrons. The molecule has 1 amide bonds. The molecule has 0 radical (unpaired) electrons. The van der Waals surface area contributed by atoms with Crippen molar-refractivity contribution in [2.75, 3.05) is 17.7 Å². The maximum absolute atomic E-state index is 11.8. The van der Waals surface area contributed by atoms with E-state index in [1.165, 1.54) is 4.90 Å². The van der Waals surface area contributed by atoms with Crippen molar-refractivity contribution < 1.29 is 4.79 Å². The van der Waals surface area contributed by atoms with Gasteiger partial charge in [0.1, 0.15) is 5.82 Å². The van der Waals surface area contributed by atoms with Crippen molar-refractivity contribution in [1.29, 1.82) is 0 Å². The molecule has 0 spiro atoms. The van der Waals surface area contributed by atoms with E-state index in [0.29, 0.717) is 11.6 Å². The lowest BCUT2D eigenvalue weighted by Crippen LogP contribution is -2.33. The molecule has 0 saturated carbocycles. The van der Waals surface area contributed by atoms with Crippen LogP contribution in [-0.4, -0.2) is 23.2 Å². The number of nitrogen functional groups attached to an aromatic ring is 1. The zero-order valence-electron chi connectivity index (χ0n) is 8.40. The Balaban J connectivity index is 2.69. The normalized spacial score (nSPS) is 18.5. The van der Waals surface area contributed by atoms with E-state index in [9.17, 15) is 4.79 Å². The summed E-state index contributed by atoms with van der Waals surface area (Å²) >= 11 is 0. The van der Waals surface area contributed by atoms with Crippen LogP contribution in [0.3, 0.4) is 0 Å². The summed E-state index contributed by atoms with van der Waals surface area (Å²) in [6.45, 7) is 3.72. The van der Waals surface area contributed by atoms with Crippen molar-refractivity contribution in [3.8, 4) is 0 Å². The van der Waals surface area contributed by atoms with Gasteiger partial charge in [0.15, 0.2) is 5.82 Å². The van der Waals surface area contributed by atoms with Crippen molar-refractivity contribution in [3.63, 3.8) is 0 Å². The average molecular weight is 192 g/mol. The minimum atomic E-state index is -0.547. The maximum atomic E-state index is 11.8. The van der Waals surface area contributed by atoms with E-state index in [-0.39, 0.29) is 5.91 Å². The van der Waals surface area contributed by atoms with Crippen LogP contribution in [0.25, 0.3) is 0 Å². The van der Waals surface area contributed by atoms with Gasteiger partial charge in [-0.05, 0) is 19.9 Å². The predicted octanol–water partition coefficient (Wildman–Crippen LogP) is 0.313. The van der Waals surface area contributed by atoms with Crippen molar-refractivity contribution in [2.45, 2.75) is 19.3 Å². The first-order chi connectivity index (χ1) is 6.44. The Kier molecular flexibility index (Phi) is 1.55. The zero-order chi connectivity index (χ0) is 10.5. The lowest BCUT2D eigenvalue weighted by Gasteiger charge is -2.15. The molecule has 14 heavy (non-hydrogen) atoms. The fourth-order valence-electron chi connectivity index (χ4n) is 1.74. The largest absolute Gasteiger partial charge is 0.382 e. The molecule has 2 N–H and O–H groups in total. The third-order valence-electron chi connectivity index (χ3n) is 2.62. The number of nitrogens with two attached hydrogens (primary N) is 1. The molecule has 0 aromatic carbocycles. The summed E-state index contributed by atoms with van der Waals surface area (Å²) in [6, 6.07) is 1.71. The van der Waals surface area contributed by atoms with E-state index in [1.807, 2.05) is 13.8 Å². The molecule has 1 aromatic rings. The Morgan fingerprint density at radius 1 is 1.43 bits per heavy atom. The number of amides is 1. The highest BCUT2D eigenvalue weighted by atomic mass is 16.2. The molecule has 5 heteroatoms. The second kappa shape index (κ2) is 2.43. The summed E-state index contributed by atoms with van der Waals surface area (Å²) in [7, 11) is 1.70. The summed E-state index contributed by atoms with van der Waals surface area (Å²) < 4.78 is 0. The van der Waals surface area contributed by atoms with E-state index in [1.54, 1.807) is 13.1 Å². The van der Waals surface area contributed by atoms with Gasteiger partial charge < -0.3 is 5.73 Å². The van der Waals surface area contributed by atoms with E-state index in [4.69, 9.17) is 5.73 Å². The van der Waals surface area contributed by atoms with Gasteiger partial charge >= 0.3 is 0 Å². The molecule has 1 aliphatic rings. The first kappa shape index (κ1) is 8.93. The molecule has 1 aliphatic heterocycles. The Hall–Kier alpha value is -1.65. The van der Waals surface area contributed by atoms with Crippen LogP contribution in [0.15, 0.2) is 6.07 Å². The molecule has 0 bridgehead atoms. The quantitative estimate of drug-likeness (QED) is 0.642. The number of rotatable bonds is 0. The van der Waals surface area contributed by atoms with Crippen molar-refractivity contribution in [2.24, 2.45) is 0 Å². The SMILES string of the molecule is CN1C(=O)C(C)(C)c2cc(N)nnc21. The Labute approximate surface area is 81.9 Å². The molecule has 0 fully saturated rings. The zero-order valence-corrected chi connectivity index (χ0v) is 8.40. The van der Waals surface area contributed by atoms with Gasteiger partial charge in [0.05, 0.1) is 5.41 Å². The van der Waals surface area contributed by atoms with Crippen LogP contribution in [0.4, 0.5) is 11.6 Å². The van der Waals surface area contributed by atoms with Gasteiger partial charge in [-0.3, -0.25) is 9.69 Å². The molecule has 0 unspecified atom stereocenters. The monoisotopic (exact) mass is 192 g/mol. The lowest BCUT2D eigenvalue weighted by molar-refractivity contribution is -0.121. The molecular formula is C9H12N4O. The predicted molar refractivity (Wildman–Crippen MR) is 52.9 cm³/mol. The number of carbonyl (C=O) groups is 1. The number of fused-ring (bicyclic) bond motifs is 1. The molecule has 0 saturated heterocycles. The Morgan fingerprint density at radius 3 is 2.71 bits per heavy atom. The van der Waals surface area contributed by atoms with Gasteiger partial charge in [-0.15, -0.1) is 10.2 Å². The number of hydrogen-bond donors (Lipinski definition) is 1. The second-order valence-electron chi connectivity index (χ2n) is 4.00. The molecule has 2 heterocycles. The molecule has 0 aliphatic carbocycles. The highest BCUT2D eigenvalue weighted by molar-refractivity contribution is 6.06. The van der Waals surface area contributed by atoms with E-state index < -0.39 is 5.41 Å². The van der Waals surface area contributed by atoms with Gasteiger partial charge in [-0.1, -0.05) is 0 Å². The van der Waals surface area contributed by atoms with Crippen LogP contribution in [0, 0.1) is 0 Å². The Morgan fingerprint density at radius 2 is 2.07 bits per heavy atom. The number of carbonyl (C=O) groups excluding carboxylic acids is 1. The lowest BCUT2D eigenvalue weighted by atomic mass is 9.87. The van der Waals surface area contributed by atoms with E-state index in [2.05, 4.69) is 10.2 Å². The fraction of sp³-hybridized carbons (Fsp3) is 0.444. The number of nitrogens with zero attached hydrogens (tertiary/aromatic N) is 3. The number of aromatic nitrogens is 2. The number of anilines is 2. The number of hydrogen-bond acceptors (Lipinski definition) is 4. The first-order valence-corrected chi connectivity index (χ1v) is 4.36. The van der Waals surface area contributed by atoms with Gasteiger partial charge in [-0.25, -0.2) is 0 Å². The minimum Gasteiger partial charge on any atom is -0.382 e. The first-order valence-electron chi connectivity index (χ1n) is 4.36. The molecular weight excluding hydrogens is 180 g/mol. The van der Waals surface area contributed by atoms with Crippen LogP contribution < -0.4 is 10.6 Å². The van der Waals surface area contributed by atoms with Gasteiger partial charge in [-0.2, -0.15) is 0 Å². The van der Waals surface area contributed by atoms with Crippen LogP contribution in [0.5, 0.6) is 0 Å². The fourth-order valence-corrected chi connectivity index (χ4v) is 1.74. The van der Waals surface area contributed by atoms with Crippen LogP contribution in [0.1, 0.15) is 19.4 Å². The molecule has 2 rings (SSSR count). The standard InChI is InChI=1S/C9H12N4O/c1-9(2)5-4-6(10)11-12-7(5)13(3)8(9)14/h4H,1-3H3,(H2,10,11). The Bertz CT molecular complexity index is 413. The summed E-state index contributed by atoms with van der Waals surface area (Å²) in [5, 5.41) is 7.65. The van der Waals surface area contributed by atoms with Crippen molar-refractivity contribution in [1.82, 2.24) is 10.2 Å². The highest BCUT2D eigenvalue weighted by Gasteiger charge is 2.43. The van der Waals surface area contributed by atoms with Crippen LogP contribution >= 0.6 is 0 Å². The average Bonchev–Trinajstić information content (AvgIpc) is 2.29. The third kappa shape index (κ3) is 0.921. The van der Waals surface area contributed by atoms with Gasteiger partial charge in [0.2, 0.25) is 5.91 Å². The second-order valence-corrected chi connectivity index (χ2v) is 4.00. The van der Waals surface area contributed by atoms with E-state index in [0.717, 1.165) is 5.56 Å². The highest BCUT2D eigenvalue weighted by Crippen LogP contribution is 2.39. The van der Waals surface area contributed by atoms with Crippen molar-refractivity contribution >= 4 is 17.5 Å². The smallest absolute Gasteiger partial charge is 0.238 e. The topological polar surface area (TPSA) is 72.1 Å². The maximum Gasteiger partial charge on any atom is 0.238 e. The minimum absolute atomic E-state index is 0.0207. The summed E-state index contributed by atoms with van der Waals surface area (Å²) in [6.07, 6.45) is 0.